The van der Waals surface area contributed by atoms with E-state index in [0.717, 1.165) is 0 Å². The van der Waals surface area contributed by atoms with E-state index in [1.807, 2.05) is 0 Å². The zero-order chi connectivity index (χ0) is 17.4. The Morgan fingerprint density at radius 1 is 1.14 bits per heavy atom. The molecular weight excluding hydrogens is 336 g/mol. The Morgan fingerprint density at radius 3 is 1.67 bits per heavy atom. The van der Waals surface area contributed by atoms with E-state index in [1.165, 1.54) is 0 Å². The van der Waals surface area contributed by atoms with Gasteiger partial charge in [-0.3, -0.25) is 23.0 Å². The topological polar surface area (TPSA) is 204 Å². The molecule has 1 heterocycles. The zero-order valence-electron chi connectivity index (χ0n) is 10.7. The lowest BCUT2D eigenvalue weighted by Crippen LogP contribution is -2.12. The van der Waals surface area contributed by atoms with Gasteiger partial charge in [0.2, 0.25) is 0 Å². The molecule has 12 nitrogen and oxygen atoms in total. The lowest BCUT2D eigenvalue weighted by Gasteiger charge is -2.04. The number of aliphatic carboxylic acids is 1. The lowest BCUT2D eigenvalue weighted by molar-refractivity contribution is -0.138. The van der Waals surface area contributed by atoms with Crippen LogP contribution < -0.4 is 0 Å². The van der Waals surface area contributed by atoms with Crippen LogP contribution in [-0.2, 0) is 32.6 Å². The molecule has 1 rings (SSSR count). The number of hydrogen-bond acceptors (Lipinski definition) is 6. The fraction of sp³-hybridized carbons (Fsp3) is 0.429. The molecule has 5 N–H and O–H groups in total. The van der Waals surface area contributed by atoms with Gasteiger partial charge in [-0.2, -0.15) is 16.8 Å². The van der Waals surface area contributed by atoms with Crippen LogP contribution >= 0.6 is 0 Å². The van der Waals surface area contributed by atoms with Gasteiger partial charge in [0.1, 0.15) is 11.7 Å². The Balaban J connectivity index is 0. The van der Waals surface area contributed by atoms with Crippen molar-refractivity contribution < 1.29 is 44.9 Å². The van der Waals surface area contributed by atoms with E-state index in [-0.39, 0.29) is 0 Å². The highest BCUT2D eigenvalue weighted by molar-refractivity contribution is 7.80. The van der Waals surface area contributed by atoms with Crippen LogP contribution in [-0.4, -0.2) is 55.7 Å². The molecule has 0 aliphatic rings. The maximum atomic E-state index is 10.5. The van der Waals surface area contributed by atoms with E-state index in [4.69, 9.17) is 40.2 Å². The van der Waals surface area contributed by atoms with Gasteiger partial charge in [0.15, 0.2) is 0 Å². The van der Waals surface area contributed by atoms with Crippen molar-refractivity contribution in [2.45, 2.75) is 12.8 Å². The summed E-state index contributed by atoms with van der Waals surface area (Å²) in [5.74, 6) is -0.799. The van der Waals surface area contributed by atoms with Crippen molar-refractivity contribution in [3.8, 4) is 0 Å². The summed E-state index contributed by atoms with van der Waals surface area (Å²) in [6, 6.07) is 0. The summed E-state index contributed by atoms with van der Waals surface area (Å²) in [7, 11) is -7.55. The Kier molecular flexibility index (Phi) is 8.94. The number of aromatic nitrogens is 2. The number of carboxylic acids is 1. The second-order valence-corrected chi connectivity index (χ2v) is 5.14. The number of carbonyl (C=O) groups is 1. The highest BCUT2D eigenvalue weighted by Crippen LogP contribution is 2.10. The Morgan fingerprint density at radius 2 is 1.48 bits per heavy atom. The zero-order valence-corrected chi connectivity index (χ0v) is 12.4. The molecule has 0 radical (unpaired) electrons. The average molecular weight is 350 g/mol. The first-order chi connectivity index (χ1) is 9.13. The van der Waals surface area contributed by atoms with Gasteiger partial charge in [-0.1, -0.05) is 0 Å². The van der Waals surface area contributed by atoms with Crippen LogP contribution in [0.4, 0.5) is 0 Å². The predicted octanol–water partition coefficient (Wildman–Crippen LogP) is -0.697. The van der Waals surface area contributed by atoms with Crippen molar-refractivity contribution in [1.29, 1.82) is 0 Å². The first-order valence-electron chi connectivity index (χ1n) is 4.72. The summed E-state index contributed by atoms with van der Waals surface area (Å²) >= 11 is 0. The molecule has 14 heteroatoms. The third kappa shape index (κ3) is 18.4. The quantitative estimate of drug-likeness (QED) is 0.422. The molecule has 0 bridgehead atoms. The number of imidazole rings is 1. The van der Waals surface area contributed by atoms with Crippen molar-refractivity contribution in [1.82, 2.24) is 9.55 Å². The average Bonchev–Trinajstić information content (AvgIpc) is 2.57. The van der Waals surface area contributed by atoms with E-state index < -0.39 is 32.7 Å². The van der Waals surface area contributed by atoms with Gasteiger partial charge in [-0.25, -0.2) is 4.98 Å². The van der Waals surface area contributed by atoms with E-state index in [1.54, 1.807) is 30.9 Å². The standard InChI is InChI=1S/C7H10N2O2.2H2O4S/c1-5(7(10)11)6-8-3-4-9(6)2;2*1-5(2,3)4/h3-5H,1-2H3,(H,10,11);2*(H2,1,2,3,4). The fourth-order valence-electron chi connectivity index (χ4n) is 0.905. The second-order valence-electron chi connectivity index (χ2n) is 3.35. The molecule has 0 aliphatic carbocycles. The molecule has 1 aromatic rings. The van der Waals surface area contributed by atoms with Crippen molar-refractivity contribution in [2.24, 2.45) is 7.05 Å². The maximum Gasteiger partial charge on any atom is 0.394 e. The normalized spacial score (nSPS) is 12.3. The van der Waals surface area contributed by atoms with E-state index in [9.17, 15) is 4.79 Å². The minimum atomic E-state index is -4.67. The van der Waals surface area contributed by atoms with Gasteiger partial charge < -0.3 is 9.67 Å². The van der Waals surface area contributed by atoms with E-state index >= 15 is 0 Å². The molecule has 21 heavy (non-hydrogen) atoms. The number of hydrogen-bond donors (Lipinski definition) is 5. The molecule has 1 unspecified atom stereocenters. The summed E-state index contributed by atoms with van der Waals surface area (Å²) in [5, 5.41) is 8.62. The minimum absolute atomic E-state index is 0.532. The van der Waals surface area contributed by atoms with Gasteiger partial charge in [-0.05, 0) is 6.92 Å². The van der Waals surface area contributed by atoms with Crippen LogP contribution in [0, 0.1) is 0 Å². The lowest BCUT2D eigenvalue weighted by atomic mass is 10.2. The Hall–Kier alpha value is -1.58. The van der Waals surface area contributed by atoms with Crippen LogP contribution in [0.3, 0.4) is 0 Å². The predicted molar refractivity (Wildman–Crippen MR) is 67.6 cm³/mol. The molecular formula is C7H14N2O10S2. The third-order valence-electron chi connectivity index (χ3n) is 1.62. The fourth-order valence-corrected chi connectivity index (χ4v) is 0.905. The van der Waals surface area contributed by atoms with Gasteiger partial charge in [0.05, 0.1) is 0 Å². The van der Waals surface area contributed by atoms with Gasteiger partial charge >= 0.3 is 26.8 Å². The van der Waals surface area contributed by atoms with Crippen molar-refractivity contribution in [2.75, 3.05) is 0 Å². The van der Waals surface area contributed by atoms with Crippen LogP contribution in [0.5, 0.6) is 0 Å². The molecule has 0 fully saturated rings. The highest BCUT2D eigenvalue weighted by atomic mass is 32.3. The summed E-state index contributed by atoms with van der Waals surface area (Å²) < 4.78 is 64.9. The monoisotopic (exact) mass is 350 g/mol. The largest absolute Gasteiger partial charge is 0.481 e. The minimum Gasteiger partial charge on any atom is -0.481 e. The van der Waals surface area contributed by atoms with Crippen LogP contribution in [0.15, 0.2) is 12.4 Å². The molecule has 1 atom stereocenters. The van der Waals surface area contributed by atoms with Crippen LogP contribution in [0.1, 0.15) is 18.7 Å². The van der Waals surface area contributed by atoms with Crippen molar-refractivity contribution >= 4 is 26.8 Å². The number of rotatable bonds is 2. The van der Waals surface area contributed by atoms with Crippen molar-refractivity contribution in [3.05, 3.63) is 18.2 Å². The molecule has 0 spiro atoms. The second kappa shape index (κ2) is 8.65. The first kappa shape index (κ1) is 21.7. The Labute approximate surface area is 120 Å². The molecule has 1 aromatic heterocycles. The summed E-state index contributed by atoms with van der Waals surface area (Å²) in [6.45, 7) is 1.62. The van der Waals surface area contributed by atoms with E-state index in [2.05, 4.69) is 4.98 Å². The molecule has 0 saturated heterocycles. The number of carboxylic acid groups (broad SMARTS) is 1. The smallest absolute Gasteiger partial charge is 0.394 e. The third-order valence-corrected chi connectivity index (χ3v) is 1.62. The molecule has 0 aromatic carbocycles. The summed E-state index contributed by atoms with van der Waals surface area (Å²) in [5.41, 5.74) is 0. The number of nitrogens with zero attached hydrogens (tertiary/aromatic N) is 2. The van der Waals surface area contributed by atoms with Gasteiger partial charge in [0.25, 0.3) is 0 Å². The SMILES string of the molecule is CC(C(=O)O)c1nccn1C.O=S(=O)(O)O.O=S(=O)(O)O. The molecule has 0 aliphatic heterocycles. The van der Waals surface area contributed by atoms with Gasteiger partial charge in [0, 0.05) is 19.4 Å². The van der Waals surface area contributed by atoms with Crippen LogP contribution in [0.25, 0.3) is 0 Å². The number of aryl methyl sites for hydroxylation is 1. The summed E-state index contributed by atoms with van der Waals surface area (Å²) in [4.78, 5) is 14.4. The maximum absolute atomic E-state index is 10.5. The Bertz CT molecular complexity index is 601. The van der Waals surface area contributed by atoms with Crippen LogP contribution in [0.2, 0.25) is 0 Å². The molecule has 0 amide bonds. The first-order valence-corrected chi connectivity index (χ1v) is 7.52. The van der Waals surface area contributed by atoms with E-state index in [0.29, 0.717) is 5.82 Å². The van der Waals surface area contributed by atoms with Crippen molar-refractivity contribution in [3.63, 3.8) is 0 Å². The van der Waals surface area contributed by atoms with Gasteiger partial charge in [-0.15, -0.1) is 0 Å². The highest BCUT2D eigenvalue weighted by Gasteiger charge is 2.17. The summed E-state index contributed by atoms with van der Waals surface area (Å²) in [6.07, 6.45) is 3.32. The molecule has 0 saturated carbocycles. The molecule has 124 valence electrons.